The smallest absolute Gasteiger partial charge is 0.348 e. The van der Waals surface area contributed by atoms with Crippen molar-refractivity contribution in [2.75, 3.05) is 6.61 Å². The number of hydrogen-bond acceptors (Lipinski definition) is 4. The number of carbonyl (C=O) groups is 1. The maximum absolute atomic E-state index is 11.5. The monoisotopic (exact) mass is 238 g/mol. The molecule has 0 unspecified atom stereocenters. The van der Waals surface area contributed by atoms with Gasteiger partial charge >= 0.3 is 5.97 Å². The van der Waals surface area contributed by atoms with Crippen molar-refractivity contribution in [3.05, 3.63) is 41.0 Å². The molecule has 0 radical (unpaired) electrons. The Labute approximate surface area is 99.1 Å². The first-order chi connectivity index (χ1) is 7.65. The summed E-state index contributed by atoms with van der Waals surface area (Å²) in [6, 6.07) is 9.37. The van der Waals surface area contributed by atoms with E-state index in [9.17, 15) is 9.90 Å². The number of hydrogen-bond donors (Lipinski definition) is 1. The highest BCUT2D eigenvalue weighted by Crippen LogP contribution is 2.28. The molecule has 0 aliphatic carbocycles. The molecule has 0 fully saturated rings. The quantitative estimate of drug-likeness (QED) is 0.379. The van der Waals surface area contributed by atoms with Gasteiger partial charge in [0.15, 0.2) is 0 Å². The molecule has 0 atom stereocenters. The summed E-state index contributed by atoms with van der Waals surface area (Å²) in [5, 5.41) is 9.43. The highest BCUT2D eigenvalue weighted by Gasteiger charge is 2.15. The van der Waals surface area contributed by atoms with Gasteiger partial charge in [-0.3, -0.25) is 0 Å². The Morgan fingerprint density at radius 1 is 1.38 bits per heavy atom. The van der Waals surface area contributed by atoms with E-state index in [1.165, 1.54) is 18.7 Å². The molecule has 0 aliphatic heterocycles. The number of carbonyl (C=O) groups excluding carboxylic acids is 1. The normalized spacial score (nSPS) is 11.9. The zero-order valence-electron chi connectivity index (χ0n) is 9.27. The molecule has 1 aromatic carbocycles. The summed E-state index contributed by atoms with van der Waals surface area (Å²) >= 11 is 1.20. The Hall–Kier alpha value is -1.42. The number of thioether (sulfide) groups is 1. The number of aliphatic hydroxyl groups excluding tert-OH is 1. The third kappa shape index (κ3) is 3.62. The SMILES string of the molecule is CCOC(=O)/C(Sc1ccccc1)=C(/C)O. The van der Waals surface area contributed by atoms with E-state index in [0.29, 0.717) is 6.61 Å². The molecule has 0 aliphatic rings. The van der Waals surface area contributed by atoms with Crippen molar-refractivity contribution < 1.29 is 14.6 Å². The van der Waals surface area contributed by atoms with Crippen LogP contribution in [0.5, 0.6) is 0 Å². The van der Waals surface area contributed by atoms with Gasteiger partial charge in [0.05, 0.1) is 6.61 Å². The molecule has 0 saturated carbocycles. The second-order valence-corrected chi connectivity index (χ2v) is 4.13. The molecule has 1 rings (SSSR count). The molecule has 1 N–H and O–H groups in total. The maximum Gasteiger partial charge on any atom is 0.348 e. The van der Waals surface area contributed by atoms with Crippen LogP contribution in [0, 0.1) is 0 Å². The van der Waals surface area contributed by atoms with Gasteiger partial charge in [0.2, 0.25) is 0 Å². The Balaban J connectivity index is 2.83. The number of esters is 1. The Kier molecular flexibility index (Phi) is 4.92. The summed E-state index contributed by atoms with van der Waals surface area (Å²) in [7, 11) is 0. The average Bonchev–Trinajstić information content (AvgIpc) is 2.27. The highest BCUT2D eigenvalue weighted by molar-refractivity contribution is 8.04. The lowest BCUT2D eigenvalue weighted by molar-refractivity contribution is -0.137. The molecule has 0 heterocycles. The maximum atomic E-state index is 11.5. The first kappa shape index (κ1) is 12.6. The Bertz CT molecular complexity index is 381. The van der Waals surface area contributed by atoms with Crippen molar-refractivity contribution >= 4 is 17.7 Å². The zero-order chi connectivity index (χ0) is 12.0. The molecule has 0 spiro atoms. The van der Waals surface area contributed by atoms with Crippen LogP contribution in [-0.2, 0) is 9.53 Å². The molecular weight excluding hydrogens is 224 g/mol. The summed E-state index contributed by atoms with van der Waals surface area (Å²) in [5.74, 6) is -0.511. The Morgan fingerprint density at radius 2 is 2.00 bits per heavy atom. The van der Waals surface area contributed by atoms with Crippen molar-refractivity contribution in [1.29, 1.82) is 0 Å². The molecular formula is C12H14O3S. The van der Waals surface area contributed by atoms with Gasteiger partial charge < -0.3 is 9.84 Å². The standard InChI is InChI=1S/C12H14O3S/c1-3-15-12(14)11(9(2)13)16-10-7-5-4-6-8-10/h4-8,13H,3H2,1-2H3/b11-9+. The third-order valence-electron chi connectivity index (χ3n) is 1.75. The number of rotatable bonds is 4. The van der Waals surface area contributed by atoms with Crippen LogP contribution in [0.3, 0.4) is 0 Å². The Morgan fingerprint density at radius 3 is 2.50 bits per heavy atom. The zero-order valence-corrected chi connectivity index (χ0v) is 10.1. The molecule has 1 aromatic rings. The van der Waals surface area contributed by atoms with Crippen LogP contribution < -0.4 is 0 Å². The van der Waals surface area contributed by atoms with Gasteiger partial charge in [0, 0.05) is 4.90 Å². The van der Waals surface area contributed by atoms with Gasteiger partial charge in [-0.1, -0.05) is 30.0 Å². The van der Waals surface area contributed by atoms with Crippen LogP contribution in [-0.4, -0.2) is 17.7 Å². The molecule has 3 nitrogen and oxygen atoms in total. The predicted octanol–water partition coefficient (Wildman–Crippen LogP) is 3.13. The first-order valence-electron chi connectivity index (χ1n) is 4.95. The fourth-order valence-corrected chi connectivity index (χ4v) is 1.89. The van der Waals surface area contributed by atoms with E-state index in [1.54, 1.807) is 6.92 Å². The summed E-state index contributed by atoms with van der Waals surface area (Å²) < 4.78 is 4.86. The van der Waals surface area contributed by atoms with Crippen LogP contribution in [0.1, 0.15) is 13.8 Å². The van der Waals surface area contributed by atoms with E-state index in [4.69, 9.17) is 4.74 Å². The minimum atomic E-state index is -0.489. The fraction of sp³-hybridized carbons (Fsp3) is 0.250. The van der Waals surface area contributed by atoms with Crippen LogP contribution in [0.15, 0.2) is 45.9 Å². The van der Waals surface area contributed by atoms with Gasteiger partial charge in [-0.15, -0.1) is 0 Å². The summed E-state index contributed by atoms with van der Waals surface area (Å²) in [5.41, 5.74) is 0. The van der Waals surface area contributed by atoms with Crippen LogP contribution >= 0.6 is 11.8 Å². The topological polar surface area (TPSA) is 46.5 Å². The van der Waals surface area contributed by atoms with E-state index in [2.05, 4.69) is 0 Å². The lowest BCUT2D eigenvalue weighted by atomic mass is 10.4. The lowest BCUT2D eigenvalue weighted by Crippen LogP contribution is -2.07. The highest BCUT2D eigenvalue weighted by atomic mass is 32.2. The minimum Gasteiger partial charge on any atom is -0.511 e. The molecule has 0 saturated heterocycles. The first-order valence-corrected chi connectivity index (χ1v) is 5.76. The molecule has 16 heavy (non-hydrogen) atoms. The largest absolute Gasteiger partial charge is 0.511 e. The molecule has 0 bridgehead atoms. The third-order valence-corrected chi connectivity index (χ3v) is 2.93. The van der Waals surface area contributed by atoms with Crippen LogP contribution in [0.2, 0.25) is 0 Å². The van der Waals surface area contributed by atoms with Crippen molar-refractivity contribution in [2.24, 2.45) is 0 Å². The van der Waals surface area contributed by atoms with E-state index >= 15 is 0 Å². The van der Waals surface area contributed by atoms with Gasteiger partial charge in [-0.25, -0.2) is 4.79 Å². The number of allylic oxidation sites excluding steroid dienone is 1. The summed E-state index contributed by atoms with van der Waals surface area (Å²) in [6.45, 7) is 3.50. The van der Waals surface area contributed by atoms with Gasteiger partial charge in [-0.2, -0.15) is 0 Å². The predicted molar refractivity (Wildman–Crippen MR) is 64.3 cm³/mol. The number of aliphatic hydroxyl groups is 1. The van der Waals surface area contributed by atoms with Crippen molar-refractivity contribution in [3.63, 3.8) is 0 Å². The van der Waals surface area contributed by atoms with Gasteiger partial charge in [-0.05, 0) is 26.0 Å². The molecule has 86 valence electrons. The number of ether oxygens (including phenoxy) is 1. The second kappa shape index (κ2) is 6.23. The van der Waals surface area contributed by atoms with Crippen LogP contribution in [0.25, 0.3) is 0 Å². The second-order valence-electron chi connectivity index (χ2n) is 3.05. The van der Waals surface area contributed by atoms with Crippen molar-refractivity contribution in [1.82, 2.24) is 0 Å². The van der Waals surface area contributed by atoms with Crippen molar-refractivity contribution in [2.45, 2.75) is 18.7 Å². The molecule has 0 aromatic heterocycles. The lowest BCUT2D eigenvalue weighted by Gasteiger charge is -2.07. The molecule has 4 heteroatoms. The van der Waals surface area contributed by atoms with E-state index in [-0.39, 0.29) is 10.7 Å². The van der Waals surface area contributed by atoms with E-state index in [1.807, 2.05) is 30.3 Å². The van der Waals surface area contributed by atoms with Gasteiger partial charge in [0.25, 0.3) is 0 Å². The van der Waals surface area contributed by atoms with Crippen LogP contribution in [0.4, 0.5) is 0 Å². The van der Waals surface area contributed by atoms with E-state index < -0.39 is 5.97 Å². The minimum absolute atomic E-state index is 0.0210. The van der Waals surface area contributed by atoms with Crippen molar-refractivity contribution in [3.8, 4) is 0 Å². The van der Waals surface area contributed by atoms with E-state index in [0.717, 1.165) is 4.90 Å². The summed E-state index contributed by atoms with van der Waals surface area (Å²) in [4.78, 5) is 12.6. The number of benzene rings is 1. The van der Waals surface area contributed by atoms with Gasteiger partial charge in [0.1, 0.15) is 10.7 Å². The summed E-state index contributed by atoms with van der Waals surface area (Å²) in [6.07, 6.45) is 0. The molecule has 0 amide bonds. The fourth-order valence-electron chi connectivity index (χ4n) is 1.07. The average molecular weight is 238 g/mol.